The molecule has 0 saturated carbocycles. The van der Waals surface area contributed by atoms with Crippen LogP contribution < -0.4 is 10.6 Å². The Hall–Kier alpha value is -4.20. The first-order chi connectivity index (χ1) is 14.6. The molecule has 150 valence electrons. The molecule has 8 nitrogen and oxygen atoms in total. The number of hydrogen-bond donors (Lipinski definition) is 2. The predicted octanol–water partition coefficient (Wildman–Crippen LogP) is 4.40. The summed E-state index contributed by atoms with van der Waals surface area (Å²) in [7, 11) is 0. The molecule has 0 aliphatic carbocycles. The molecule has 2 N–H and O–H groups in total. The minimum Gasteiger partial charge on any atom is -0.459 e. The van der Waals surface area contributed by atoms with Gasteiger partial charge in [0.25, 0.3) is 11.8 Å². The molecule has 0 bridgehead atoms. The van der Waals surface area contributed by atoms with Crippen molar-refractivity contribution in [2.24, 2.45) is 0 Å². The number of anilines is 2. The van der Waals surface area contributed by atoms with Gasteiger partial charge < -0.3 is 19.6 Å². The largest absolute Gasteiger partial charge is 0.459 e. The third kappa shape index (κ3) is 4.27. The zero-order valence-electron chi connectivity index (χ0n) is 16.1. The second-order valence-corrected chi connectivity index (χ2v) is 6.41. The van der Waals surface area contributed by atoms with Crippen molar-refractivity contribution in [2.45, 2.75) is 13.3 Å². The van der Waals surface area contributed by atoms with Crippen LogP contribution in [-0.4, -0.2) is 22.0 Å². The molecule has 30 heavy (non-hydrogen) atoms. The van der Waals surface area contributed by atoms with E-state index in [1.165, 1.54) is 6.26 Å². The van der Waals surface area contributed by atoms with Gasteiger partial charge in [0.2, 0.25) is 11.7 Å². The van der Waals surface area contributed by atoms with Crippen LogP contribution in [0.15, 0.2) is 75.9 Å². The van der Waals surface area contributed by atoms with Crippen LogP contribution in [0.3, 0.4) is 0 Å². The van der Waals surface area contributed by atoms with Crippen LogP contribution in [0, 0.1) is 0 Å². The van der Waals surface area contributed by atoms with Gasteiger partial charge in [-0.15, -0.1) is 0 Å². The van der Waals surface area contributed by atoms with Crippen LogP contribution in [-0.2, 0) is 6.42 Å². The number of carbonyl (C=O) groups is 2. The van der Waals surface area contributed by atoms with Crippen molar-refractivity contribution in [3.05, 3.63) is 84.1 Å². The van der Waals surface area contributed by atoms with E-state index in [1.807, 2.05) is 13.0 Å². The van der Waals surface area contributed by atoms with Gasteiger partial charge in [-0.1, -0.05) is 24.2 Å². The number of hydrogen-bond acceptors (Lipinski definition) is 6. The van der Waals surface area contributed by atoms with E-state index < -0.39 is 0 Å². The summed E-state index contributed by atoms with van der Waals surface area (Å²) in [5, 5.41) is 9.50. The molecule has 0 spiro atoms. The molecule has 2 heterocycles. The monoisotopic (exact) mass is 402 g/mol. The molecule has 0 fully saturated rings. The van der Waals surface area contributed by atoms with Gasteiger partial charge in [0.05, 0.1) is 6.26 Å². The summed E-state index contributed by atoms with van der Waals surface area (Å²) < 4.78 is 10.2. The van der Waals surface area contributed by atoms with Gasteiger partial charge in [0, 0.05) is 28.9 Å². The Balaban J connectivity index is 1.42. The van der Waals surface area contributed by atoms with E-state index in [0.29, 0.717) is 35.1 Å². The number of rotatable bonds is 6. The Morgan fingerprint density at radius 1 is 0.933 bits per heavy atom. The second-order valence-electron chi connectivity index (χ2n) is 6.41. The SMILES string of the molecule is CCc1nc(-c2cccc(NC(=O)c3ccc(NC(=O)c4ccco4)cc3)c2)no1. The normalized spacial score (nSPS) is 10.6. The Morgan fingerprint density at radius 2 is 1.73 bits per heavy atom. The molecule has 0 aliphatic rings. The van der Waals surface area contributed by atoms with Crippen molar-refractivity contribution in [1.29, 1.82) is 0 Å². The number of benzene rings is 2. The lowest BCUT2D eigenvalue weighted by molar-refractivity contribution is 0.0995. The van der Waals surface area contributed by atoms with Crippen molar-refractivity contribution >= 4 is 23.2 Å². The first-order valence-corrected chi connectivity index (χ1v) is 9.31. The fourth-order valence-electron chi connectivity index (χ4n) is 2.76. The highest BCUT2D eigenvalue weighted by atomic mass is 16.5. The number of furan rings is 1. The lowest BCUT2D eigenvalue weighted by atomic mass is 10.1. The van der Waals surface area contributed by atoms with Crippen LogP contribution >= 0.6 is 0 Å². The molecule has 0 aliphatic heterocycles. The summed E-state index contributed by atoms with van der Waals surface area (Å²) in [6, 6.07) is 17.0. The fraction of sp³-hybridized carbons (Fsp3) is 0.0909. The van der Waals surface area contributed by atoms with E-state index in [1.54, 1.807) is 54.6 Å². The maximum absolute atomic E-state index is 12.6. The molecule has 2 aromatic carbocycles. The summed E-state index contributed by atoms with van der Waals surface area (Å²) >= 11 is 0. The Kier molecular flexibility index (Phi) is 5.38. The molecule has 4 rings (SSSR count). The van der Waals surface area contributed by atoms with Gasteiger partial charge in [0.15, 0.2) is 5.76 Å². The molecule has 0 radical (unpaired) electrons. The Morgan fingerprint density at radius 3 is 2.43 bits per heavy atom. The molecule has 0 unspecified atom stereocenters. The zero-order valence-corrected chi connectivity index (χ0v) is 16.1. The van der Waals surface area contributed by atoms with Gasteiger partial charge in [-0.2, -0.15) is 4.98 Å². The van der Waals surface area contributed by atoms with Crippen LogP contribution in [0.4, 0.5) is 11.4 Å². The van der Waals surface area contributed by atoms with Gasteiger partial charge in [-0.3, -0.25) is 9.59 Å². The molecular weight excluding hydrogens is 384 g/mol. The minimum absolute atomic E-state index is 0.212. The fourth-order valence-corrected chi connectivity index (χ4v) is 2.76. The number of amides is 2. The first-order valence-electron chi connectivity index (χ1n) is 9.31. The zero-order chi connectivity index (χ0) is 20.9. The predicted molar refractivity (Wildman–Crippen MR) is 110 cm³/mol. The molecule has 2 aromatic heterocycles. The van der Waals surface area contributed by atoms with Gasteiger partial charge >= 0.3 is 0 Å². The molecule has 0 saturated heterocycles. The van der Waals surface area contributed by atoms with Crippen molar-refractivity contribution in [3.63, 3.8) is 0 Å². The van der Waals surface area contributed by atoms with Gasteiger partial charge in [0.1, 0.15) is 0 Å². The molecular formula is C22H18N4O4. The summed E-state index contributed by atoms with van der Waals surface area (Å²) in [5.74, 6) is 0.600. The molecule has 0 atom stereocenters. The topological polar surface area (TPSA) is 110 Å². The van der Waals surface area contributed by atoms with Crippen molar-refractivity contribution in [3.8, 4) is 11.4 Å². The van der Waals surface area contributed by atoms with Crippen LogP contribution in [0.2, 0.25) is 0 Å². The third-order valence-electron chi connectivity index (χ3n) is 4.30. The maximum Gasteiger partial charge on any atom is 0.291 e. The Bertz CT molecular complexity index is 1160. The van der Waals surface area contributed by atoms with Gasteiger partial charge in [-0.25, -0.2) is 0 Å². The summed E-state index contributed by atoms with van der Waals surface area (Å²) in [6.07, 6.45) is 2.08. The van der Waals surface area contributed by atoms with E-state index in [4.69, 9.17) is 8.94 Å². The quantitative estimate of drug-likeness (QED) is 0.495. The highest BCUT2D eigenvalue weighted by Gasteiger charge is 2.12. The van der Waals surface area contributed by atoms with Crippen LogP contribution in [0.5, 0.6) is 0 Å². The average molecular weight is 402 g/mol. The average Bonchev–Trinajstić information content (AvgIpc) is 3.47. The van der Waals surface area contributed by atoms with E-state index in [2.05, 4.69) is 20.8 Å². The number of nitrogens with one attached hydrogen (secondary N) is 2. The lowest BCUT2D eigenvalue weighted by Gasteiger charge is -2.08. The lowest BCUT2D eigenvalue weighted by Crippen LogP contribution is -2.13. The van der Waals surface area contributed by atoms with Crippen molar-refractivity contribution < 1.29 is 18.5 Å². The van der Waals surface area contributed by atoms with E-state index in [-0.39, 0.29) is 17.6 Å². The van der Waals surface area contributed by atoms with E-state index in [9.17, 15) is 9.59 Å². The highest BCUT2D eigenvalue weighted by Crippen LogP contribution is 2.21. The first kappa shape index (κ1) is 19.1. The number of aromatic nitrogens is 2. The van der Waals surface area contributed by atoms with Crippen molar-refractivity contribution in [2.75, 3.05) is 10.6 Å². The van der Waals surface area contributed by atoms with Gasteiger partial charge in [-0.05, 0) is 48.5 Å². The number of nitrogens with zero attached hydrogens (tertiary/aromatic N) is 2. The standard InChI is InChI=1S/C22H18N4O4/c1-2-19-25-20(26-30-19)15-5-3-6-17(13-15)24-21(27)14-8-10-16(11-9-14)23-22(28)18-7-4-12-29-18/h3-13H,2H2,1H3,(H,23,28)(H,24,27). The van der Waals surface area contributed by atoms with Crippen LogP contribution in [0.1, 0.15) is 33.7 Å². The number of carbonyl (C=O) groups excluding carboxylic acids is 2. The van der Waals surface area contributed by atoms with Crippen LogP contribution in [0.25, 0.3) is 11.4 Å². The number of aryl methyl sites for hydroxylation is 1. The van der Waals surface area contributed by atoms with E-state index in [0.717, 1.165) is 5.56 Å². The second kappa shape index (κ2) is 8.44. The van der Waals surface area contributed by atoms with E-state index >= 15 is 0 Å². The minimum atomic E-state index is -0.360. The summed E-state index contributed by atoms with van der Waals surface area (Å²) in [5.41, 5.74) is 2.35. The summed E-state index contributed by atoms with van der Waals surface area (Å²) in [6.45, 7) is 1.93. The van der Waals surface area contributed by atoms with Crippen molar-refractivity contribution in [1.82, 2.24) is 10.1 Å². The molecule has 8 heteroatoms. The molecule has 4 aromatic rings. The molecule has 2 amide bonds. The third-order valence-corrected chi connectivity index (χ3v) is 4.30. The maximum atomic E-state index is 12.6. The summed E-state index contributed by atoms with van der Waals surface area (Å²) in [4.78, 5) is 28.9. The smallest absolute Gasteiger partial charge is 0.291 e. The highest BCUT2D eigenvalue weighted by molar-refractivity contribution is 6.05. The Labute approximate surface area is 171 Å².